The Bertz CT molecular complexity index is 694. The maximum absolute atomic E-state index is 4.28. The number of rotatable bonds is 7. The summed E-state index contributed by atoms with van der Waals surface area (Å²) >= 11 is 1.83. The normalized spacial score (nSPS) is 12.5. The van der Waals surface area contributed by atoms with E-state index in [1.165, 1.54) is 0 Å². The highest BCUT2D eigenvalue weighted by molar-refractivity contribution is 7.99. The summed E-state index contributed by atoms with van der Waals surface area (Å²) < 4.78 is 1.91. The molecule has 0 saturated heterocycles. The van der Waals surface area contributed by atoms with Gasteiger partial charge in [0.25, 0.3) is 0 Å². The van der Waals surface area contributed by atoms with Crippen molar-refractivity contribution in [1.29, 1.82) is 0 Å². The topological polar surface area (TPSA) is 92.1 Å². The van der Waals surface area contributed by atoms with Gasteiger partial charge < -0.3 is 16.0 Å². The molecule has 0 amide bonds. The lowest BCUT2D eigenvalue weighted by Gasteiger charge is -2.23. The van der Waals surface area contributed by atoms with Gasteiger partial charge in [0.1, 0.15) is 12.1 Å². The van der Waals surface area contributed by atoms with Gasteiger partial charge in [-0.3, -0.25) is 9.67 Å². The van der Waals surface area contributed by atoms with Crippen LogP contribution in [0.25, 0.3) is 11.0 Å². The first-order chi connectivity index (χ1) is 11.5. The SMILES string of the molecule is CN=C(NCCNc1ncnc2c1cnn2C)NCC(C)(C)SC. The minimum Gasteiger partial charge on any atom is -0.368 e. The molecule has 132 valence electrons. The summed E-state index contributed by atoms with van der Waals surface area (Å²) in [6.45, 7) is 6.70. The number of hydrogen-bond acceptors (Lipinski definition) is 6. The fourth-order valence-electron chi connectivity index (χ4n) is 2.05. The van der Waals surface area contributed by atoms with Crippen LogP contribution in [-0.4, -0.2) is 63.4 Å². The molecule has 2 heterocycles. The van der Waals surface area contributed by atoms with Crippen molar-refractivity contribution in [3.8, 4) is 0 Å². The second-order valence-corrected chi connectivity index (χ2v) is 7.48. The van der Waals surface area contributed by atoms with E-state index in [1.807, 2.05) is 18.8 Å². The summed E-state index contributed by atoms with van der Waals surface area (Å²) in [6, 6.07) is 0. The summed E-state index contributed by atoms with van der Waals surface area (Å²) in [4.78, 5) is 12.8. The summed E-state index contributed by atoms with van der Waals surface area (Å²) in [5.41, 5.74) is 0.817. The molecule has 0 aliphatic carbocycles. The Morgan fingerprint density at radius 3 is 2.79 bits per heavy atom. The molecular formula is C15H26N8S. The van der Waals surface area contributed by atoms with Crippen LogP contribution in [0.5, 0.6) is 0 Å². The molecule has 0 bridgehead atoms. The highest BCUT2D eigenvalue weighted by Crippen LogP contribution is 2.19. The molecule has 0 spiro atoms. The number of guanidine groups is 1. The maximum Gasteiger partial charge on any atom is 0.191 e. The van der Waals surface area contributed by atoms with Gasteiger partial charge in [0, 0.05) is 38.5 Å². The maximum atomic E-state index is 4.28. The first-order valence-electron chi connectivity index (χ1n) is 7.83. The van der Waals surface area contributed by atoms with E-state index in [-0.39, 0.29) is 4.75 Å². The Morgan fingerprint density at radius 1 is 1.29 bits per heavy atom. The standard InChI is InChI=1S/C15H26N8S/c1-15(2,24-5)9-19-14(16-3)18-7-6-17-12-11-8-22-23(4)13(11)21-10-20-12/h8,10H,6-7,9H2,1-5H3,(H2,16,18,19)(H,17,20,21). The molecule has 0 atom stereocenters. The van der Waals surface area contributed by atoms with Crippen molar-refractivity contribution < 1.29 is 0 Å². The second-order valence-electron chi connectivity index (χ2n) is 5.97. The molecule has 0 aromatic carbocycles. The number of aryl methyl sites for hydroxylation is 1. The number of thioether (sulfide) groups is 1. The number of nitrogens with one attached hydrogen (secondary N) is 3. The lowest BCUT2D eigenvalue weighted by Crippen LogP contribution is -2.44. The van der Waals surface area contributed by atoms with E-state index in [0.717, 1.165) is 35.9 Å². The van der Waals surface area contributed by atoms with Crippen LogP contribution in [0, 0.1) is 0 Å². The monoisotopic (exact) mass is 350 g/mol. The zero-order valence-electron chi connectivity index (χ0n) is 14.9. The molecular weight excluding hydrogens is 324 g/mol. The zero-order valence-corrected chi connectivity index (χ0v) is 15.7. The molecule has 2 aromatic heterocycles. The van der Waals surface area contributed by atoms with Gasteiger partial charge in [-0.15, -0.1) is 0 Å². The van der Waals surface area contributed by atoms with Crippen molar-refractivity contribution in [2.75, 3.05) is 38.3 Å². The fourth-order valence-corrected chi connectivity index (χ4v) is 2.27. The van der Waals surface area contributed by atoms with Crippen LogP contribution in [0.2, 0.25) is 0 Å². The summed E-state index contributed by atoms with van der Waals surface area (Å²) in [7, 11) is 3.64. The van der Waals surface area contributed by atoms with Crippen LogP contribution >= 0.6 is 11.8 Å². The molecule has 0 fully saturated rings. The Morgan fingerprint density at radius 2 is 2.08 bits per heavy atom. The molecule has 0 radical (unpaired) electrons. The molecule has 2 aromatic rings. The average Bonchev–Trinajstić information content (AvgIpc) is 2.96. The third-order valence-electron chi connectivity index (χ3n) is 3.70. The van der Waals surface area contributed by atoms with Gasteiger partial charge in [0.15, 0.2) is 11.6 Å². The highest BCUT2D eigenvalue weighted by atomic mass is 32.2. The summed E-state index contributed by atoms with van der Waals surface area (Å²) in [5.74, 6) is 1.59. The van der Waals surface area contributed by atoms with Gasteiger partial charge in [-0.25, -0.2) is 9.97 Å². The number of nitrogens with zero attached hydrogens (tertiary/aromatic N) is 5. The van der Waals surface area contributed by atoms with Gasteiger partial charge in [-0.05, 0) is 20.1 Å². The van der Waals surface area contributed by atoms with E-state index >= 15 is 0 Å². The van der Waals surface area contributed by atoms with Gasteiger partial charge in [0.2, 0.25) is 0 Å². The van der Waals surface area contributed by atoms with E-state index in [0.29, 0.717) is 6.54 Å². The van der Waals surface area contributed by atoms with E-state index in [9.17, 15) is 0 Å². The quantitative estimate of drug-likeness (QED) is 0.391. The first kappa shape index (κ1) is 18.3. The number of aromatic nitrogens is 4. The van der Waals surface area contributed by atoms with E-state index < -0.39 is 0 Å². The predicted octanol–water partition coefficient (Wildman–Crippen LogP) is 1.08. The zero-order chi connectivity index (χ0) is 17.6. The van der Waals surface area contributed by atoms with Gasteiger partial charge in [-0.2, -0.15) is 16.9 Å². The van der Waals surface area contributed by atoms with Crippen molar-refractivity contribution in [3.05, 3.63) is 12.5 Å². The molecule has 8 nitrogen and oxygen atoms in total. The largest absolute Gasteiger partial charge is 0.368 e. The Balaban J connectivity index is 1.81. The van der Waals surface area contributed by atoms with Crippen molar-refractivity contribution in [2.24, 2.45) is 12.0 Å². The molecule has 0 aliphatic heterocycles. The van der Waals surface area contributed by atoms with Crippen LogP contribution in [-0.2, 0) is 7.05 Å². The minimum atomic E-state index is 0.169. The Kier molecular flexibility index (Phi) is 6.24. The second kappa shape index (κ2) is 8.18. The minimum absolute atomic E-state index is 0.169. The average molecular weight is 350 g/mol. The van der Waals surface area contributed by atoms with Crippen LogP contribution in [0.1, 0.15) is 13.8 Å². The van der Waals surface area contributed by atoms with Gasteiger partial charge in [0.05, 0.1) is 11.6 Å². The molecule has 3 N–H and O–H groups in total. The predicted molar refractivity (Wildman–Crippen MR) is 102 cm³/mol. The van der Waals surface area contributed by atoms with Crippen LogP contribution in [0.4, 0.5) is 5.82 Å². The third-order valence-corrected chi connectivity index (χ3v) is 4.95. The van der Waals surface area contributed by atoms with Crippen LogP contribution in [0.3, 0.4) is 0 Å². The van der Waals surface area contributed by atoms with Gasteiger partial charge in [-0.1, -0.05) is 0 Å². The Hall–Kier alpha value is -2.03. The fraction of sp³-hybridized carbons (Fsp3) is 0.600. The number of aliphatic imine (C=N–C) groups is 1. The molecule has 9 heteroatoms. The lowest BCUT2D eigenvalue weighted by atomic mass is 10.2. The van der Waals surface area contributed by atoms with E-state index in [1.54, 1.807) is 24.3 Å². The Labute approximate surface area is 146 Å². The molecule has 0 saturated carbocycles. The molecule has 24 heavy (non-hydrogen) atoms. The third kappa shape index (κ3) is 4.73. The molecule has 2 rings (SSSR count). The number of fused-ring (bicyclic) bond motifs is 1. The van der Waals surface area contributed by atoms with Crippen LogP contribution < -0.4 is 16.0 Å². The lowest BCUT2D eigenvalue weighted by molar-refractivity contribution is 0.665. The molecule has 0 unspecified atom stereocenters. The number of hydrogen-bond donors (Lipinski definition) is 3. The smallest absolute Gasteiger partial charge is 0.191 e. The highest BCUT2D eigenvalue weighted by Gasteiger charge is 2.16. The van der Waals surface area contributed by atoms with E-state index in [2.05, 4.69) is 56.1 Å². The van der Waals surface area contributed by atoms with Gasteiger partial charge >= 0.3 is 0 Å². The van der Waals surface area contributed by atoms with Crippen molar-refractivity contribution in [3.63, 3.8) is 0 Å². The summed E-state index contributed by atoms with van der Waals surface area (Å²) in [5, 5.41) is 15.1. The van der Waals surface area contributed by atoms with Crippen molar-refractivity contribution in [2.45, 2.75) is 18.6 Å². The summed E-state index contributed by atoms with van der Waals surface area (Å²) in [6.07, 6.45) is 5.43. The van der Waals surface area contributed by atoms with Crippen molar-refractivity contribution >= 4 is 34.6 Å². The first-order valence-corrected chi connectivity index (χ1v) is 9.05. The number of anilines is 1. The van der Waals surface area contributed by atoms with E-state index in [4.69, 9.17) is 0 Å². The van der Waals surface area contributed by atoms with Crippen molar-refractivity contribution in [1.82, 2.24) is 30.4 Å². The van der Waals surface area contributed by atoms with Crippen LogP contribution in [0.15, 0.2) is 17.5 Å². The molecule has 0 aliphatic rings.